The van der Waals surface area contributed by atoms with Crippen LogP contribution in [0.15, 0.2) is 116 Å². The molecule has 0 aliphatic rings. The van der Waals surface area contributed by atoms with Crippen molar-refractivity contribution in [2.75, 3.05) is 4.90 Å². The standard InChI is InChI=1S/C28H19N5.Pt/c1-2-11-23(12-3-1)32(25-14-8-13-24(20-25)31-18-6-7-19-31)27-16-9-17-28(30-27)33-26-15-5-4-10-22(26)21-29-33;/h1-18,21H;/q-2;+2. The van der Waals surface area contributed by atoms with Crippen molar-refractivity contribution in [3.05, 3.63) is 128 Å². The molecule has 0 radical (unpaired) electrons. The van der Waals surface area contributed by atoms with E-state index in [1.807, 2.05) is 101 Å². The Morgan fingerprint density at radius 3 is 2.44 bits per heavy atom. The van der Waals surface area contributed by atoms with Crippen molar-refractivity contribution in [3.63, 3.8) is 0 Å². The van der Waals surface area contributed by atoms with E-state index in [0.29, 0.717) is 0 Å². The summed E-state index contributed by atoms with van der Waals surface area (Å²) in [6, 6.07) is 37.8. The third-order valence-electron chi connectivity index (χ3n) is 5.47. The van der Waals surface area contributed by atoms with Crippen LogP contribution in [0.25, 0.3) is 22.4 Å². The Morgan fingerprint density at radius 1 is 0.765 bits per heavy atom. The number of hydrogen-bond acceptors (Lipinski definition) is 3. The topological polar surface area (TPSA) is 38.9 Å². The van der Waals surface area contributed by atoms with Crippen molar-refractivity contribution in [1.82, 2.24) is 19.3 Å². The molecule has 3 heterocycles. The van der Waals surface area contributed by atoms with E-state index in [1.165, 1.54) is 0 Å². The average molecular weight is 621 g/mol. The Morgan fingerprint density at radius 2 is 1.59 bits per heavy atom. The van der Waals surface area contributed by atoms with Crippen molar-refractivity contribution >= 4 is 28.1 Å². The first kappa shape index (κ1) is 21.9. The van der Waals surface area contributed by atoms with E-state index in [-0.39, 0.29) is 21.1 Å². The van der Waals surface area contributed by atoms with Crippen LogP contribution in [0.5, 0.6) is 0 Å². The van der Waals surface area contributed by atoms with Gasteiger partial charge in [-0.05, 0) is 30.3 Å². The molecule has 0 unspecified atom stereocenters. The Bertz CT molecular complexity index is 1520. The number of fused-ring (bicyclic) bond motifs is 1. The summed E-state index contributed by atoms with van der Waals surface area (Å²) in [5.74, 6) is 1.53. The fourth-order valence-corrected chi connectivity index (χ4v) is 3.94. The third kappa shape index (κ3) is 4.07. The fraction of sp³-hybridized carbons (Fsp3) is 0. The molecule has 166 valence electrons. The molecule has 0 amide bonds. The molecule has 0 aliphatic carbocycles. The Kier molecular flexibility index (Phi) is 6.11. The van der Waals surface area contributed by atoms with E-state index in [1.54, 1.807) is 0 Å². The molecule has 0 aliphatic heterocycles. The molecule has 5 nitrogen and oxygen atoms in total. The summed E-state index contributed by atoms with van der Waals surface area (Å²) in [7, 11) is 0. The van der Waals surface area contributed by atoms with Crippen LogP contribution in [0.4, 0.5) is 17.2 Å². The van der Waals surface area contributed by atoms with Crippen LogP contribution in [0.2, 0.25) is 0 Å². The second-order valence-electron chi connectivity index (χ2n) is 7.57. The Balaban J connectivity index is 0.00000241. The van der Waals surface area contributed by atoms with Gasteiger partial charge in [0.1, 0.15) is 5.82 Å². The summed E-state index contributed by atoms with van der Waals surface area (Å²) >= 11 is 0. The SMILES string of the molecule is [Pt+2].[c-]1c(N(c2ccccc2)c2cccc(-n3ncc4ccccc43)n2)cccc1-n1[c-]ccc1. The van der Waals surface area contributed by atoms with Crippen LogP contribution in [-0.4, -0.2) is 19.3 Å². The minimum absolute atomic E-state index is 0. The molecule has 0 saturated carbocycles. The van der Waals surface area contributed by atoms with Gasteiger partial charge in [0.05, 0.1) is 11.7 Å². The smallest absolute Gasteiger partial charge is 0.471 e. The van der Waals surface area contributed by atoms with Crippen LogP contribution in [0, 0.1) is 12.3 Å². The van der Waals surface area contributed by atoms with E-state index in [9.17, 15) is 0 Å². The maximum Gasteiger partial charge on any atom is 2.00 e. The van der Waals surface area contributed by atoms with Crippen molar-refractivity contribution in [1.29, 1.82) is 0 Å². The van der Waals surface area contributed by atoms with Gasteiger partial charge in [-0.25, -0.2) is 9.67 Å². The van der Waals surface area contributed by atoms with Crippen LogP contribution in [-0.2, 0) is 21.1 Å². The summed E-state index contributed by atoms with van der Waals surface area (Å²) in [5, 5.41) is 5.66. The predicted octanol–water partition coefficient (Wildman–Crippen LogP) is 6.28. The van der Waals surface area contributed by atoms with Gasteiger partial charge in [-0.3, -0.25) is 0 Å². The summed E-state index contributed by atoms with van der Waals surface area (Å²) in [4.78, 5) is 7.10. The van der Waals surface area contributed by atoms with Crippen LogP contribution >= 0.6 is 0 Å². The molecule has 0 N–H and O–H groups in total. The molecular formula is C28H19N5Pt. The second kappa shape index (κ2) is 9.50. The Hall–Kier alpha value is -3.95. The molecule has 0 saturated heterocycles. The maximum absolute atomic E-state index is 5.00. The normalized spacial score (nSPS) is 10.7. The van der Waals surface area contributed by atoms with Crippen molar-refractivity contribution in [3.8, 4) is 11.5 Å². The van der Waals surface area contributed by atoms with Gasteiger partial charge in [-0.15, -0.1) is 18.3 Å². The summed E-state index contributed by atoms with van der Waals surface area (Å²) in [6.45, 7) is 0. The van der Waals surface area contributed by atoms with Gasteiger partial charge in [0.2, 0.25) is 0 Å². The Labute approximate surface area is 212 Å². The molecule has 6 rings (SSSR count). The van der Waals surface area contributed by atoms with Crippen LogP contribution < -0.4 is 4.90 Å². The maximum atomic E-state index is 5.00. The van der Waals surface area contributed by atoms with Gasteiger partial charge >= 0.3 is 21.1 Å². The second-order valence-corrected chi connectivity index (χ2v) is 7.57. The third-order valence-corrected chi connectivity index (χ3v) is 5.47. The molecule has 0 bridgehead atoms. The number of benzene rings is 3. The molecule has 34 heavy (non-hydrogen) atoms. The van der Waals surface area contributed by atoms with Gasteiger partial charge in [-0.2, -0.15) is 35.1 Å². The monoisotopic (exact) mass is 620 g/mol. The molecular weight excluding hydrogens is 601 g/mol. The first-order chi connectivity index (χ1) is 16.4. The van der Waals surface area contributed by atoms with Crippen LogP contribution in [0.3, 0.4) is 0 Å². The summed E-state index contributed by atoms with van der Waals surface area (Å²) in [6.07, 6.45) is 7.01. The molecule has 0 spiro atoms. The fourth-order valence-electron chi connectivity index (χ4n) is 3.94. The van der Waals surface area contributed by atoms with E-state index in [2.05, 4.69) is 46.5 Å². The number of para-hydroxylation sites is 2. The number of hydrogen-bond donors (Lipinski definition) is 0. The molecule has 3 aromatic heterocycles. The number of aromatic nitrogens is 4. The summed E-state index contributed by atoms with van der Waals surface area (Å²) < 4.78 is 3.79. The first-order valence-corrected chi connectivity index (χ1v) is 10.7. The number of nitrogens with zero attached hydrogens (tertiary/aromatic N) is 5. The quantitative estimate of drug-likeness (QED) is 0.213. The zero-order valence-corrected chi connectivity index (χ0v) is 20.3. The minimum Gasteiger partial charge on any atom is -0.471 e. The zero-order chi connectivity index (χ0) is 22.0. The molecule has 6 heteroatoms. The number of rotatable bonds is 5. The van der Waals surface area contributed by atoms with E-state index in [0.717, 1.165) is 39.6 Å². The van der Waals surface area contributed by atoms with E-state index >= 15 is 0 Å². The molecule has 0 fully saturated rings. The minimum atomic E-state index is 0. The van der Waals surface area contributed by atoms with Gasteiger partial charge in [-0.1, -0.05) is 54.3 Å². The van der Waals surface area contributed by atoms with Crippen molar-refractivity contribution < 1.29 is 21.1 Å². The summed E-state index contributed by atoms with van der Waals surface area (Å²) in [5.41, 5.74) is 3.81. The van der Waals surface area contributed by atoms with E-state index < -0.39 is 0 Å². The molecule has 0 atom stereocenters. The van der Waals surface area contributed by atoms with Gasteiger partial charge < -0.3 is 9.47 Å². The molecule has 3 aromatic carbocycles. The molecule has 6 aromatic rings. The van der Waals surface area contributed by atoms with Gasteiger partial charge in [0, 0.05) is 11.1 Å². The van der Waals surface area contributed by atoms with Gasteiger partial charge in [0.15, 0.2) is 5.82 Å². The zero-order valence-electron chi connectivity index (χ0n) is 18.0. The van der Waals surface area contributed by atoms with Crippen LogP contribution in [0.1, 0.15) is 0 Å². The predicted molar refractivity (Wildman–Crippen MR) is 131 cm³/mol. The first-order valence-electron chi connectivity index (χ1n) is 10.7. The van der Waals surface area contributed by atoms with Crippen molar-refractivity contribution in [2.45, 2.75) is 0 Å². The number of pyridine rings is 1. The average Bonchev–Trinajstić information content (AvgIpc) is 3.56. The number of anilines is 3. The van der Waals surface area contributed by atoms with Gasteiger partial charge in [0.25, 0.3) is 0 Å². The van der Waals surface area contributed by atoms with E-state index in [4.69, 9.17) is 4.98 Å². The van der Waals surface area contributed by atoms with Crippen molar-refractivity contribution in [2.24, 2.45) is 0 Å². The largest absolute Gasteiger partial charge is 2.00 e.